The maximum Gasteiger partial charge on any atom is 0.322 e. The number of nitrogens with one attached hydrogen (secondary N) is 1. The van der Waals surface area contributed by atoms with Gasteiger partial charge in [0.25, 0.3) is 0 Å². The number of amides is 3. The number of β-amino-alcohol motifs (C(OH)–C–C–N with tert-alkyl or cyclic N) is 1. The molecule has 2 N–H and O–H groups in total. The molecule has 9 heteroatoms. The number of ether oxygens (including phenoxy) is 3. The Labute approximate surface area is 236 Å². The molecule has 2 aromatic carbocycles. The molecule has 3 amide bonds. The van der Waals surface area contributed by atoms with Gasteiger partial charge in [0.15, 0.2) is 0 Å². The number of piperidine rings is 1. The van der Waals surface area contributed by atoms with E-state index in [-0.39, 0.29) is 49.9 Å². The number of likely N-dealkylation sites (tertiary alicyclic amines) is 1. The van der Waals surface area contributed by atoms with Gasteiger partial charge < -0.3 is 34.4 Å². The molecule has 0 spiro atoms. The second kappa shape index (κ2) is 13.5. The van der Waals surface area contributed by atoms with E-state index in [4.69, 9.17) is 14.2 Å². The van der Waals surface area contributed by atoms with Crippen LogP contribution in [0.15, 0.2) is 54.6 Å². The molecule has 216 valence electrons. The molecule has 0 bridgehead atoms. The highest BCUT2D eigenvalue weighted by Crippen LogP contribution is 2.30. The Bertz CT molecular complexity index is 1120. The van der Waals surface area contributed by atoms with E-state index >= 15 is 0 Å². The maximum atomic E-state index is 13.4. The Kier molecular flexibility index (Phi) is 9.57. The molecule has 9 nitrogen and oxygen atoms in total. The minimum Gasteiger partial charge on any atom is -0.495 e. The number of para-hydroxylation sites is 2. The third-order valence-electron chi connectivity index (χ3n) is 8.33. The summed E-state index contributed by atoms with van der Waals surface area (Å²) < 4.78 is 17.5. The summed E-state index contributed by atoms with van der Waals surface area (Å²) in [5, 5.41) is 13.4. The second-order valence-corrected chi connectivity index (χ2v) is 11.1. The first-order valence-electron chi connectivity index (χ1n) is 14.4. The summed E-state index contributed by atoms with van der Waals surface area (Å²) in [4.78, 5) is 30.2. The molecule has 3 heterocycles. The van der Waals surface area contributed by atoms with Crippen LogP contribution >= 0.6 is 0 Å². The Morgan fingerprint density at radius 2 is 1.75 bits per heavy atom. The summed E-state index contributed by atoms with van der Waals surface area (Å²) in [5.41, 5.74) is 1.92. The van der Waals surface area contributed by atoms with Crippen LogP contribution in [0.3, 0.4) is 0 Å². The number of hydrogen-bond acceptors (Lipinski definition) is 6. The van der Waals surface area contributed by atoms with Crippen LogP contribution in [0.25, 0.3) is 0 Å². The molecule has 0 saturated carbocycles. The number of anilines is 1. The van der Waals surface area contributed by atoms with Gasteiger partial charge in [-0.3, -0.25) is 4.79 Å². The largest absolute Gasteiger partial charge is 0.495 e. The summed E-state index contributed by atoms with van der Waals surface area (Å²) in [6, 6.07) is 17.2. The van der Waals surface area contributed by atoms with Crippen molar-refractivity contribution in [3.8, 4) is 5.75 Å². The van der Waals surface area contributed by atoms with Crippen LogP contribution in [0.5, 0.6) is 5.75 Å². The van der Waals surface area contributed by atoms with Crippen LogP contribution in [0, 0.1) is 5.92 Å². The lowest BCUT2D eigenvalue weighted by Gasteiger charge is -2.44. The fourth-order valence-corrected chi connectivity index (χ4v) is 6.17. The van der Waals surface area contributed by atoms with Crippen LogP contribution in [0.1, 0.15) is 37.7 Å². The summed E-state index contributed by atoms with van der Waals surface area (Å²) in [7, 11) is 1.56. The average Bonchev–Trinajstić information content (AvgIpc) is 2.96. The fourth-order valence-electron chi connectivity index (χ4n) is 6.17. The minimum absolute atomic E-state index is 0.118. The lowest BCUT2D eigenvalue weighted by atomic mass is 9.90. The van der Waals surface area contributed by atoms with Gasteiger partial charge in [-0.15, -0.1) is 0 Å². The molecule has 0 radical (unpaired) electrons. The quantitative estimate of drug-likeness (QED) is 0.568. The molecule has 0 unspecified atom stereocenters. The molecule has 3 saturated heterocycles. The monoisotopic (exact) mass is 551 g/mol. The first-order chi connectivity index (χ1) is 19.5. The van der Waals surface area contributed by atoms with Crippen molar-refractivity contribution in [1.29, 1.82) is 0 Å². The average molecular weight is 552 g/mol. The number of rotatable bonds is 6. The van der Waals surface area contributed by atoms with Gasteiger partial charge in [-0.2, -0.15) is 0 Å². The van der Waals surface area contributed by atoms with E-state index < -0.39 is 6.10 Å². The van der Waals surface area contributed by atoms with E-state index in [1.54, 1.807) is 24.1 Å². The predicted molar refractivity (Wildman–Crippen MR) is 151 cm³/mol. The van der Waals surface area contributed by atoms with Crippen molar-refractivity contribution in [2.45, 2.75) is 62.9 Å². The number of hydrogen-bond donors (Lipinski definition) is 2. The molecule has 0 aliphatic carbocycles. The Morgan fingerprint density at radius 3 is 2.52 bits per heavy atom. The summed E-state index contributed by atoms with van der Waals surface area (Å²) in [5.74, 6) is 1.30. The van der Waals surface area contributed by atoms with E-state index in [2.05, 4.69) is 29.6 Å². The molecule has 5 rings (SSSR count). The lowest BCUT2D eigenvalue weighted by molar-refractivity contribution is -0.154. The second-order valence-electron chi connectivity index (χ2n) is 11.1. The third-order valence-corrected chi connectivity index (χ3v) is 8.33. The first-order valence-corrected chi connectivity index (χ1v) is 14.4. The number of methoxy groups -OCH3 is 1. The minimum atomic E-state index is -0.798. The van der Waals surface area contributed by atoms with Gasteiger partial charge in [0.2, 0.25) is 5.91 Å². The highest BCUT2D eigenvalue weighted by Gasteiger charge is 2.40. The lowest BCUT2D eigenvalue weighted by Crippen LogP contribution is -2.58. The Morgan fingerprint density at radius 1 is 1.00 bits per heavy atom. The van der Waals surface area contributed by atoms with Crippen LogP contribution < -0.4 is 10.1 Å². The first kappa shape index (κ1) is 28.4. The number of benzene rings is 2. The molecule has 2 aromatic rings. The van der Waals surface area contributed by atoms with Crippen molar-refractivity contribution in [1.82, 2.24) is 9.80 Å². The van der Waals surface area contributed by atoms with E-state index in [1.165, 1.54) is 5.56 Å². The zero-order chi connectivity index (χ0) is 27.9. The van der Waals surface area contributed by atoms with Gasteiger partial charge in [-0.1, -0.05) is 42.5 Å². The molecule has 3 aliphatic heterocycles. The number of aliphatic hydroxyl groups is 1. The number of carbonyl (C=O) groups excluding carboxylic acids is 2. The number of nitrogens with zero attached hydrogens (tertiary/aromatic N) is 2. The summed E-state index contributed by atoms with van der Waals surface area (Å²) >= 11 is 0. The predicted octanol–water partition coefficient (Wildman–Crippen LogP) is 3.71. The van der Waals surface area contributed by atoms with Crippen molar-refractivity contribution < 1.29 is 28.9 Å². The highest BCUT2D eigenvalue weighted by atomic mass is 16.5. The van der Waals surface area contributed by atoms with E-state index in [0.717, 1.165) is 32.4 Å². The van der Waals surface area contributed by atoms with Crippen molar-refractivity contribution in [3.63, 3.8) is 0 Å². The molecule has 0 aromatic heterocycles. The number of urea groups is 1. The standard InChI is InChI=1S/C31H41N3O6/c1-38-28-10-6-5-9-26(28)32-31(37)34-19-24(35)20-39-21-29-27(34)12-11-25(40-29)18-30(36)33-15-13-23(14-16-33)17-22-7-3-2-4-8-22/h2-10,23-25,27,29,35H,11-21H2,1H3,(H,32,37)/t24-,25-,27-,29+/m1/s1. The van der Waals surface area contributed by atoms with Crippen molar-refractivity contribution in [3.05, 3.63) is 60.2 Å². The molecular formula is C31H41N3O6. The summed E-state index contributed by atoms with van der Waals surface area (Å²) in [6.07, 6.45) is 3.36. The molecule has 3 fully saturated rings. The maximum absolute atomic E-state index is 13.4. The van der Waals surface area contributed by atoms with E-state index in [0.29, 0.717) is 36.6 Å². The Hall–Kier alpha value is -3.14. The van der Waals surface area contributed by atoms with E-state index in [1.807, 2.05) is 23.1 Å². The van der Waals surface area contributed by atoms with Gasteiger partial charge in [-0.05, 0) is 55.7 Å². The van der Waals surface area contributed by atoms with Gasteiger partial charge in [0, 0.05) is 13.1 Å². The third kappa shape index (κ3) is 7.13. The van der Waals surface area contributed by atoms with Gasteiger partial charge in [-0.25, -0.2) is 4.79 Å². The SMILES string of the molecule is COc1ccccc1NC(=O)N1C[C@@H](O)COC[C@@H]2O[C@@H](CC(=O)N3CCC(Cc4ccccc4)CC3)CC[C@H]21. The van der Waals surface area contributed by atoms with Crippen molar-refractivity contribution >= 4 is 17.6 Å². The fraction of sp³-hybridized carbons (Fsp3) is 0.548. The molecule has 4 atom stereocenters. The van der Waals surface area contributed by atoms with Crippen LogP contribution in [-0.4, -0.2) is 91.2 Å². The smallest absolute Gasteiger partial charge is 0.322 e. The summed E-state index contributed by atoms with van der Waals surface area (Å²) in [6.45, 7) is 2.08. The van der Waals surface area contributed by atoms with Crippen molar-refractivity contribution in [2.75, 3.05) is 45.3 Å². The normalized spacial score (nSPS) is 25.9. The number of aliphatic hydroxyl groups excluding tert-OH is 1. The number of fused-ring (bicyclic) bond motifs is 1. The number of carbonyl (C=O) groups is 2. The van der Waals surface area contributed by atoms with Crippen molar-refractivity contribution in [2.24, 2.45) is 5.92 Å². The van der Waals surface area contributed by atoms with Crippen LogP contribution in [-0.2, 0) is 20.7 Å². The molecule has 3 aliphatic rings. The van der Waals surface area contributed by atoms with Gasteiger partial charge >= 0.3 is 6.03 Å². The topological polar surface area (TPSA) is 101 Å². The van der Waals surface area contributed by atoms with Crippen LogP contribution in [0.2, 0.25) is 0 Å². The molecule has 40 heavy (non-hydrogen) atoms. The van der Waals surface area contributed by atoms with E-state index in [9.17, 15) is 14.7 Å². The Balaban J connectivity index is 1.16. The van der Waals surface area contributed by atoms with Gasteiger partial charge in [0.05, 0.1) is 57.2 Å². The molecular weight excluding hydrogens is 510 g/mol. The zero-order valence-corrected chi connectivity index (χ0v) is 23.2. The highest BCUT2D eigenvalue weighted by molar-refractivity contribution is 5.91. The zero-order valence-electron chi connectivity index (χ0n) is 23.2. The van der Waals surface area contributed by atoms with Gasteiger partial charge in [0.1, 0.15) is 11.9 Å². The van der Waals surface area contributed by atoms with Crippen LogP contribution in [0.4, 0.5) is 10.5 Å².